The lowest BCUT2D eigenvalue weighted by molar-refractivity contribution is -0.122. The predicted molar refractivity (Wildman–Crippen MR) is 75.3 cm³/mol. The van der Waals surface area contributed by atoms with Crippen molar-refractivity contribution in [3.8, 4) is 0 Å². The summed E-state index contributed by atoms with van der Waals surface area (Å²) < 4.78 is 18.3. The van der Waals surface area contributed by atoms with E-state index in [-0.39, 0.29) is 17.8 Å². The highest BCUT2D eigenvalue weighted by atomic mass is 79.9. The third-order valence-electron chi connectivity index (χ3n) is 2.60. The lowest BCUT2D eigenvalue weighted by Gasteiger charge is -2.14. The maximum Gasteiger partial charge on any atom is 0.236 e. The van der Waals surface area contributed by atoms with E-state index in [2.05, 4.69) is 26.6 Å². The number of benzene rings is 1. The third-order valence-corrected chi connectivity index (χ3v) is 3.20. The lowest BCUT2D eigenvalue weighted by atomic mass is 10.2. The Bertz CT molecular complexity index is 429. The lowest BCUT2D eigenvalue weighted by Crippen LogP contribution is -2.42. The molecule has 0 fully saturated rings. The van der Waals surface area contributed by atoms with E-state index in [1.165, 1.54) is 6.07 Å². The van der Waals surface area contributed by atoms with Gasteiger partial charge in [-0.1, -0.05) is 6.07 Å². The van der Waals surface area contributed by atoms with Gasteiger partial charge in [0, 0.05) is 20.2 Å². The number of carbonyl (C=O) groups is 1. The predicted octanol–water partition coefficient (Wildman–Crippen LogP) is 1.83. The van der Waals surface area contributed by atoms with Crippen molar-refractivity contribution in [3.63, 3.8) is 0 Å². The molecular weight excluding hydrogens is 315 g/mol. The second kappa shape index (κ2) is 8.24. The van der Waals surface area contributed by atoms with Gasteiger partial charge in [-0.3, -0.25) is 4.79 Å². The summed E-state index contributed by atoms with van der Waals surface area (Å²) in [6.45, 7) is 3.26. The van der Waals surface area contributed by atoms with Crippen molar-refractivity contribution < 1.29 is 13.9 Å². The van der Waals surface area contributed by atoms with Gasteiger partial charge in [-0.25, -0.2) is 4.39 Å². The van der Waals surface area contributed by atoms with Crippen LogP contribution in [0.1, 0.15) is 12.5 Å². The molecule has 0 aliphatic heterocycles. The minimum atomic E-state index is -0.319. The van der Waals surface area contributed by atoms with Crippen molar-refractivity contribution in [3.05, 3.63) is 34.1 Å². The van der Waals surface area contributed by atoms with Crippen LogP contribution in [0.4, 0.5) is 4.39 Å². The van der Waals surface area contributed by atoms with Gasteiger partial charge in [0.15, 0.2) is 0 Å². The molecule has 0 aliphatic rings. The van der Waals surface area contributed by atoms with E-state index >= 15 is 0 Å². The maximum atomic E-state index is 13.1. The molecule has 2 N–H and O–H groups in total. The zero-order chi connectivity index (χ0) is 14.3. The molecule has 4 nitrogen and oxygen atoms in total. The second-order valence-electron chi connectivity index (χ2n) is 4.13. The monoisotopic (exact) mass is 332 g/mol. The Hall–Kier alpha value is -0.980. The molecule has 0 spiro atoms. The number of ether oxygens (including phenoxy) is 1. The van der Waals surface area contributed by atoms with Crippen LogP contribution in [0.5, 0.6) is 0 Å². The fraction of sp³-hybridized carbons (Fsp3) is 0.462. The highest BCUT2D eigenvalue weighted by Gasteiger charge is 2.11. The van der Waals surface area contributed by atoms with Gasteiger partial charge in [-0.05, 0) is 40.5 Å². The molecule has 0 bridgehead atoms. The molecular formula is C13H18BrFN2O2. The number of amides is 1. The Labute approximate surface area is 120 Å². The molecule has 0 heterocycles. The van der Waals surface area contributed by atoms with Crippen molar-refractivity contribution in [2.75, 3.05) is 20.3 Å². The van der Waals surface area contributed by atoms with E-state index in [0.29, 0.717) is 24.2 Å². The summed E-state index contributed by atoms with van der Waals surface area (Å²) in [6, 6.07) is 4.45. The molecule has 0 aromatic heterocycles. The van der Waals surface area contributed by atoms with Gasteiger partial charge in [0.05, 0.1) is 17.1 Å². The first-order valence-electron chi connectivity index (χ1n) is 5.98. The van der Waals surface area contributed by atoms with Crippen LogP contribution in [0.25, 0.3) is 0 Å². The topological polar surface area (TPSA) is 50.4 Å². The summed E-state index contributed by atoms with van der Waals surface area (Å²) in [5.74, 6) is -0.382. The molecule has 0 saturated heterocycles. The van der Waals surface area contributed by atoms with Crippen molar-refractivity contribution in [2.45, 2.75) is 19.5 Å². The minimum absolute atomic E-state index is 0.0850. The molecule has 0 radical (unpaired) electrons. The van der Waals surface area contributed by atoms with Gasteiger partial charge in [0.25, 0.3) is 0 Å². The fourth-order valence-corrected chi connectivity index (χ4v) is 1.87. The van der Waals surface area contributed by atoms with Crippen LogP contribution in [0.3, 0.4) is 0 Å². The molecule has 6 heteroatoms. The Morgan fingerprint density at radius 2 is 2.26 bits per heavy atom. The van der Waals surface area contributed by atoms with Gasteiger partial charge in [0.2, 0.25) is 5.91 Å². The smallest absolute Gasteiger partial charge is 0.236 e. The SMILES string of the molecule is COCCNC(=O)C(C)NCc1ccc(F)c(Br)c1. The highest BCUT2D eigenvalue weighted by Crippen LogP contribution is 2.16. The summed E-state index contributed by atoms with van der Waals surface area (Å²) in [5, 5.41) is 5.82. The highest BCUT2D eigenvalue weighted by molar-refractivity contribution is 9.10. The first-order chi connectivity index (χ1) is 9.04. The van der Waals surface area contributed by atoms with Crippen LogP contribution >= 0.6 is 15.9 Å². The third kappa shape index (κ3) is 5.67. The van der Waals surface area contributed by atoms with Crippen molar-refractivity contribution in [2.24, 2.45) is 0 Å². The van der Waals surface area contributed by atoms with Gasteiger partial charge >= 0.3 is 0 Å². The Balaban J connectivity index is 2.38. The van der Waals surface area contributed by atoms with Crippen molar-refractivity contribution in [1.82, 2.24) is 10.6 Å². The fourth-order valence-electron chi connectivity index (χ4n) is 1.44. The standard InChI is InChI=1S/C13H18BrFN2O2/c1-9(13(18)16-5-6-19-2)17-8-10-3-4-12(15)11(14)7-10/h3-4,7,9,17H,5-6,8H2,1-2H3,(H,16,18). The van der Waals surface area contributed by atoms with E-state index in [9.17, 15) is 9.18 Å². The summed E-state index contributed by atoms with van der Waals surface area (Å²) in [6.07, 6.45) is 0. The average Bonchev–Trinajstić information content (AvgIpc) is 2.40. The molecule has 1 atom stereocenters. The van der Waals surface area contributed by atoms with Crippen LogP contribution in [-0.2, 0) is 16.1 Å². The molecule has 0 aliphatic carbocycles. The van der Waals surface area contributed by atoms with Crippen LogP contribution in [0, 0.1) is 5.82 Å². The number of hydrogen-bond acceptors (Lipinski definition) is 3. The van der Waals surface area contributed by atoms with E-state index in [1.54, 1.807) is 26.2 Å². The molecule has 106 valence electrons. The summed E-state index contributed by atoms with van der Waals surface area (Å²) in [4.78, 5) is 11.7. The molecule has 1 rings (SSSR count). The largest absolute Gasteiger partial charge is 0.383 e. The van der Waals surface area contributed by atoms with Gasteiger partial charge in [-0.15, -0.1) is 0 Å². The first-order valence-corrected chi connectivity index (χ1v) is 6.78. The van der Waals surface area contributed by atoms with Crippen LogP contribution < -0.4 is 10.6 Å². The van der Waals surface area contributed by atoms with E-state index in [0.717, 1.165) is 5.56 Å². The van der Waals surface area contributed by atoms with Crippen molar-refractivity contribution >= 4 is 21.8 Å². The average molecular weight is 333 g/mol. The zero-order valence-electron chi connectivity index (χ0n) is 11.0. The van der Waals surface area contributed by atoms with Gasteiger partial charge < -0.3 is 15.4 Å². The Morgan fingerprint density at radius 1 is 1.53 bits per heavy atom. The Morgan fingerprint density at radius 3 is 2.89 bits per heavy atom. The molecule has 1 aromatic rings. The number of methoxy groups -OCH3 is 1. The van der Waals surface area contributed by atoms with E-state index in [1.807, 2.05) is 0 Å². The number of halogens is 2. The number of rotatable bonds is 7. The number of nitrogens with one attached hydrogen (secondary N) is 2. The number of carbonyl (C=O) groups excluding carboxylic acids is 1. The molecule has 1 unspecified atom stereocenters. The molecule has 1 amide bonds. The minimum Gasteiger partial charge on any atom is -0.383 e. The van der Waals surface area contributed by atoms with Crippen LogP contribution in [0.15, 0.2) is 22.7 Å². The van der Waals surface area contributed by atoms with E-state index < -0.39 is 0 Å². The number of hydrogen-bond donors (Lipinski definition) is 2. The van der Waals surface area contributed by atoms with Gasteiger partial charge in [0.1, 0.15) is 5.82 Å². The molecule has 19 heavy (non-hydrogen) atoms. The van der Waals surface area contributed by atoms with Gasteiger partial charge in [-0.2, -0.15) is 0 Å². The first kappa shape index (κ1) is 16.1. The Kier molecular flexibility index (Phi) is 6.97. The summed E-state index contributed by atoms with van der Waals surface area (Å²) >= 11 is 3.13. The van der Waals surface area contributed by atoms with Crippen LogP contribution in [0.2, 0.25) is 0 Å². The maximum absolute atomic E-state index is 13.1. The summed E-state index contributed by atoms with van der Waals surface area (Å²) in [7, 11) is 1.58. The van der Waals surface area contributed by atoms with E-state index in [4.69, 9.17) is 4.74 Å². The normalized spacial score (nSPS) is 12.2. The van der Waals surface area contributed by atoms with Crippen LogP contribution in [-0.4, -0.2) is 32.2 Å². The molecule has 1 aromatic carbocycles. The quantitative estimate of drug-likeness (QED) is 0.749. The molecule has 0 saturated carbocycles. The second-order valence-corrected chi connectivity index (χ2v) is 4.99. The summed E-state index contributed by atoms with van der Waals surface area (Å²) in [5.41, 5.74) is 0.907. The van der Waals surface area contributed by atoms with Crippen molar-refractivity contribution in [1.29, 1.82) is 0 Å². The zero-order valence-corrected chi connectivity index (χ0v) is 12.6.